The molecular formula is C18H19N5O2S. The van der Waals surface area contributed by atoms with E-state index in [1.165, 1.54) is 11.3 Å². The molecule has 1 fully saturated rings. The minimum Gasteiger partial charge on any atom is -0.361 e. The minimum atomic E-state index is 0.0179. The van der Waals surface area contributed by atoms with E-state index in [9.17, 15) is 4.79 Å². The fourth-order valence-electron chi connectivity index (χ4n) is 3.43. The van der Waals surface area contributed by atoms with Crippen LogP contribution in [0.3, 0.4) is 0 Å². The minimum absolute atomic E-state index is 0.0179. The summed E-state index contributed by atoms with van der Waals surface area (Å²) in [4.78, 5) is 27.5. The Morgan fingerprint density at radius 2 is 2.27 bits per heavy atom. The number of thiazole rings is 1. The second-order valence-corrected chi connectivity index (χ2v) is 7.30. The molecule has 4 rings (SSSR count). The zero-order valence-corrected chi connectivity index (χ0v) is 15.5. The second kappa shape index (κ2) is 6.95. The molecule has 1 aliphatic rings. The van der Waals surface area contributed by atoms with Crippen molar-refractivity contribution in [3.05, 3.63) is 46.1 Å². The fraction of sp³-hybridized carbons (Fsp3) is 0.389. The maximum atomic E-state index is 12.4. The van der Waals surface area contributed by atoms with Crippen LogP contribution in [0.1, 0.15) is 34.1 Å². The summed E-state index contributed by atoms with van der Waals surface area (Å²) in [5, 5.41) is 5.79. The van der Waals surface area contributed by atoms with Gasteiger partial charge in [-0.2, -0.15) is 0 Å². The number of hydrogen-bond donors (Lipinski definition) is 0. The van der Waals surface area contributed by atoms with Crippen LogP contribution in [0.4, 0.5) is 0 Å². The van der Waals surface area contributed by atoms with Crippen LogP contribution in [-0.4, -0.2) is 44.0 Å². The lowest BCUT2D eigenvalue weighted by atomic mass is 10.0. The molecule has 7 nitrogen and oxygen atoms in total. The maximum Gasteiger partial charge on any atom is 0.273 e. The van der Waals surface area contributed by atoms with Crippen LogP contribution in [0.2, 0.25) is 0 Å². The Morgan fingerprint density at radius 1 is 1.38 bits per heavy atom. The number of carbonyl (C=O) groups is 1. The molecule has 3 aromatic rings. The highest BCUT2D eigenvalue weighted by atomic mass is 32.1. The molecule has 8 heteroatoms. The second-order valence-electron chi connectivity index (χ2n) is 6.58. The van der Waals surface area contributed by atoms with Crippen molar-refractivity contribution < 1.29 is 9.32 Å². The maximum absolute atomic E-state index is 12.4. The van der Waals surface area contributed by atoms with Crippen LogP contribution in [0.25, 0.3) is 11.3 Å². The highest BCUT2D eigenvalue weighted by Gasteiger charge is 2.28. The third-order valence-electron chi connectivity index (χ3n) is 4.70. The average Bonchev–Trinajstić information content (AvgIpc) is 3.37. The predicted octanol–water partition coefficient (Wildman–Crippen LogP) is 2.91. The summed E-state index contributed by atoms with van der Waals surface area (Å²) < 4.78 is 5.23. The summed E-state index contributed by atoms with van der Waals surface area (Å²) in [7, 11) is 0. The first-order valence-electron chi connectivity index (χ1n) is 8.53. The van der Waals surface area contributed by atoms with Gasteiger partial charge in [-0.25, -0.2) is 9.97 Å². The molecule has 0 bridgehead atoms. The molecule has 3 aromatic heterocycles. The Hall–Kier alpha value is -2.61. The molecule has 1 saturated heterocycles. The number of hydrogen-bond acceptors (Lipinski definition) is 7. The van der Waals surface area contributed by atoms with E-state index < -0.39 is 0 Å². The van der Waals surface area contributed by atoms with Gasteiger partial charge in [0.05, 0.1) is 34.4 Å². The van der Waals surface area contributed by atoms with E-state index in [1.807, 2.05) is 18.7 Å². The van der Waals surface area contributed by atoms with Gasteiger partial charge in [0.25, 0.3) is 5.91 Å². The highest BCUT2D eigenvalue weighted by Crippen LogP contribution is 2.26. The highest BCUT2D eigenvalue weighted by molar-refractivity contribution is 7.07. The van der Waals surface area contributed by atoms with Gasteiger partial charge in [0.15, 0.2) is 0 Å². The molecule has 0 spiro atoms. The molecule has 1 amide bonds. The number of aromatic nitrogens is 4. The van der Waals surface area contributed by atoms with Crippen molar-refractivity contribution in [2.75, 3.05) is 13.1 Å². The molecule has 0 radical (unpaired) electrons. The van der Waals surface area contributed by atoms with Crippen LogP contribution in [0.5, 0.6) is 0 Å². The summed E-state index contributed by atoms with van der Waals surface area (Å²) in [5.41, 5.74) is 5.66. The number of aryl methyl sites for hydroxylation is 2. The third kappa shape index (κ3) is 3.24. The zero-order valence-electron chi connectivity index (χ0n) is 14.7. The van der Waals surface area contributed by atoms with Gasteiger partial charge in [0.2, 0.25) is 0 Å². The van der Waals surface area contributed by atoms with E-state index >= 15 is 0 Å². The lowest BCUT2D eigenvalue weighted by Crippen LogP contribution is -2.29. The van der Waals surface area contributed by atoms with E-state index in [1.54, 1.807) is 23.3 Å². The largest absolute Gasteiger partial charge is 0.361 e. The molecule has 1 aliphatic heterocycles. The monoisotopic (exact) mass is 369 g/mol. The predicted molar refractivity (Wildman–Crippen MR) is 96.8 cm³/mol. The molecule has 1 atom stereocenters. The molecule has 0 saturated carbocycles. The molecule has 0 unspecified atom stereocenters. The standard InChI is InChI=1S/C18H19N5O2S/c1-11-17(12(2)25-22-11)15-7-19-6-14(21-15)5-13-3-4-23(8-13)18(24)16-9-26-10-20-16/h6-7,9-10,13H,3-5,8H2,1-2H3/t13-/m0/s1. The van der Waals surface area contributed by atoms with E-state index in [2.05, 4.69) is 15.1 Å². The Kier molecular flexibility index (Phi) is 4.50. The normalized spacial score (nSPS) is 17.0. The van der Waals surface area contributed by atoms with Crippen LogP contribution < -0.4 is 0 Å². The molecule has 134 valence electrons. The quantitative estimate of drug-likeness (QED) is 0.703. The van der Waals surface area contributed by atoms with Crippen molar-refractivity contribution in [2.24, 2.45) is 5.92 Å². The SMILES string of the molecule is Cc1noc(C)c1-c1cncc(C[C@@H]2CCN(C(=O)c3cscn3)C2)n1. The first-order chi connectivity index (χ1) is 12.6. The summed E-state index contributed by atoms with van der Waals surface area (Å²) in [6.07, 6.45) is 5.30. The van der Waals surface area contributed by atoms with Gasteiger partial charge in [0, 0.05) is 24.7 Å². The Labute approximate surface area is 155 Å². The zero-order chi connectivity index (χ0) is 18.1. The van der Waals surface area contributed by atoms with Crippen molar-refractivity contribution in [2.45, 2.75) is 26.7 Å². The van der Waals surface area contributed by atoms with Gasteiger partial charge in [-0.1, -0.05) is 5.16 Å². The van der Waals surface area contributed by atoms with Gasteiger partial charge < -0.3 is 9.42 Å². The fourth-order valence-corrected chi connectivity index (χ4v) is 3.96. The third-order valence-corrected chi connectivity index (χ3v) is 5.28. The van der Waals surface area contributed by atoms with E-state index in [0.29, 0.717) is 11.6 Å². The van der Waals surface area contributed by atoms with Gasteiger partial charge in [0.1, 0.15) is 11.5 Å². The molecule has 0 aromatic carbocycles. The first kappa shape index (κ1) is 16.8. The van der Waals surface area contributed by atoms with Crippen LogP contribution in [0.15, 0.2) is 27.8 Å². The Balaban J connectivity index is 1.45. The number of nitrogens with zero attached hydrogens (tertiary/aromatic N) is 5. The molecule has 4 heterocycles. The summed E-state index contributed by atoms with van der Waals surface area (Å²) in [6, 6.07) is 0. The van der Waals surface area contributed by atoms with Gasteiger partial charge in [-0.15, -0.1) is 11.3 Å². The van der Waals surface area contributed by atoms with Crippen molar-refractivity contribution >= 4 is 17.2 Å². The molecule has 0 N–H and O–H groups in total. The number of amides is 1. The molecule has 26 heavy (non-hydrogen) atoms. The topological polar surface area (TPSA) is 85.0 Å². The number of rotatable bonds is 4. The smallest absolute Gasteiger partial charge is 0.273 e. The van der Waals surface area contributed by atoms with Crippen molar-refractivity contribution in [1.29, 1.82) is 0 Å². The lowest BCUT2D eigenvalue weighted by Gasteiger charge is -2.15. The van der Waals surface area contributed by atoms with Crippen LogP contribution in [-0.2, 0) is 6.42 Å². The lowest BCUT2D eigenvalue weighted by molar-refractivity contribution is 0.0782. The molecular weight excluding hydrogens is 350 g/mol. The van der Waals surface area contributed by atoms with Crippen molar-refractivity contribution in [1.82, 2.24) is 25.0 Å². The van der Waals surface area contributed by atoms with E-state index in [4.69, 9.17) is 9.51 Å². The first-order valence-corrected chi connectivity index (χ1v) is 9.47. The number of likely N-dealkylation sites (tertiary alicyclic amines) is 1. The summed E-state index contributed by atoms with van der Waals surface area (Å²) in [5.74, 6) is 1.14. The average molecular weight is 369 g/mol. The van der Waals surface area contributed by atoms with Crippen LogP contribution >= 0.6 is 11.3 Å². The van der Waals surface area contributed by atoms with E-state index in [-0.39, 0.29) is 5.91 Å². The van der Waals surface area contributed by atoms with Gasteiger partial charge in [-0.05, 0) is 32.6 Å². The molecule has 0 aliphatic carbocycles. The number of carbonyl (C=O) groups excluding carboxylic acids is 1. The summed E-state index contributed by atoms with van der Waals surface area (Å²) in [6.45, 7) is 5.27. The van der Waals surface area contributed by atoms with Crippen LogP contribution in [0, 0.1) is 19.8 Å². The van der Waals surface area contributed by atoms with Crippen molar-refractivity contribution in [3.63, 3.8) is 0 Å². The Morgan fingerprint density at radius 3 is 3.00 bits per heavy atom. The Bertz CT molecular complexity index is 902. The van der Waals surface area contributed by atoms with E-state index in [0.717, 1.165) is 54.3 Å². The van der Waals surface area contributed by atoms with Gasteiger partial charge >= 0.3 is 0 Å². The van der Waals surface area contributed by atoms with Crippen molar-refractivity contribution in [3.8, 4) is 11.3 Å². The van der Waals surface area contributed by atoms with Gasteiger partial charge in [-0.3, -0.25) is 9.78 Å². The summed E-state index contributed by atoms with van der Waals surface area (Å²) >= 11 is 1.44.